The predicted octanol–water partition coefficient (Wildman–Crippen LogP) is 2.95. The topological polar surface area (TPSA) is 46.5 Å². The number of aliphatic carboxylic acids is 1. The van der Waals surface area contributed by atoms with Gasteiger partial charge in [-0.05, 0) is 29.2 Å². The van der Waals surface area contributed by atoms with Gasteiger partial charge in [0.2, 0.25) is 0 Å². The summed E-state index contributed by atoms with van der Waals surface area (Å²) in [6.07, 6.45) is 2.70. The molecule has 0 saturated carbocycles. The lowest BCUT2D eigenvalue weighted by molar-refractivity contribution is -0.131. The fraction of sp³-hybridized carbons (Fsp3) is 0.0714. The van der Waals surface area contributed by atoms with Crippen molar-refractivity contribution in [3.8, 4) is 5.75 Å². The number of hydrogen-bond acceptors (Lipinski definition) is 2. The summed E-state index contributed by atoms with van der Waals surface area (Å²) >= 11 is 0. The highest BCUT2D eigenvalue weighted by Gasteiger charge is 2.00. The van der Waals surface area contributed by atoms with Crippen molar-refractivity contribution in [1.82, 2.24) is 0 Å². The number of carboxylic acid groups (broad SMARTS) is 1. The van der Waals surface area contributed by atoms with Crippen molar-refractivity contribution in [2.24, 2.45) is 0 Å². The molecule has 0 fully saturated rings. The van der Waals surface area contributed by atoms with E-state index in [-0.39, 0.29) is 0 Å². The molecular formula is C14H12O3. The molecule has 0 unspecified atom stereocenters. The summed E-state index contributed by atoms with van der Waals surface area (Å²) in [5, 5.41) is 10.6. The van der Waals surface area contributed by atoms with E-state index in [1.165, 1.54) is 0 Å². The van der Waals surface area contributed by atoms with Gasteiger partial charge < -0.3 is 9.84 Å². The zero-order chi connectivity index (χ0) is 12.3. The van der Waals surface area contributed by atoms with Crippen LogP contribution in [-0.4, -0.2) is 18.2 Å². The van der Waals surface area contributed by atoms with Crippen molar-refractivity contribution in [3.63, 3.8) is 0 Å². The first-order valence-corrected chi connectivity index (χ1v) is 5.18. The largest absolute Gasteiger partial charge is 0.496 e. The molecule has 2 rings (SSSR count). The van der Waals surface area contributed by atoms with Crippen LogP contribution in [0.2, 0.25) is 0 Å². The van der Waals surface area contributed by atoms with Gasteiger partial charge in [0.1, 0.15) is 5.75 Å². The molecule has 3 heteroatoms. The Morgan fingerprint density at radius 3 is 2.82 bits per heavy atom. The van der Waals surface area contributed by atoms with Crippen LogP contribution in [-0.2, 0) is 4.79 Å². The molecule has 0 aliphatic carbocycles. The summed E-state index contributed by atoms with van der Waals surface area (Å²) in [6, 6.07) is 11.5. The molecule has 17 heavy (non-hydrogen) atoms. The van der Waals surface area contributed by atoms with Crippen molar-refractivity contribution < 1.29 is 14.6 Å². The van der Waals surface area contributed by atoms with Gasteiger partial charge in [-0.3, -0.25) is 0 Å². The van der Waals surface area contributed by atoms with E-state index in [2.05, 4.69) is 0 Å². The third-order valence-corrected chi connectivity index (χ3v) is 2.50. The SMILES string of the molecule is COc1cccc2cc(/C=C/C(=O)O)ccc12. The predicted molar refractivity (Wildman–Crippen MR) is 67.2 cm³/mol. The molecule has 3 nitrogen and oxygen atoms in total. The number of benzene rings is 2. The molecule has 1 N–H and O–H groups in total. The average molecular weight is 228 g/mol. The Morgan fingerprint density at radius 2 is 2.12 bits per heavy atom. The van der Waals surface area contributed by atoms with Crippen molar-refractivity contribution >= 4 is 22.8 Å². The summed E-state index contributed by atoms with van der Waals surface area (Å²) < 4.78 is 5.25. The van der Waals surface area contributed by atoms with Gasteiger partial charge in [-0.25, -0.2) is 4.79 Å². The second kappa shape index (κ2) is 4.70. The van der Waals surface area contributed by atoms with Gasteiger partial charge in [0.25, 0.3) is 0 Å². The molecule has 0 amide bonds. The van der Waals surface area contributed by atoms with Crippen LogP contribution >= 0.6 is 0 Å². The molecule has 0 aromatic heterocycles. The third kappa shape index (κ3) is 2.45. The third-order valence-electron chi connectivity index (χ3n) is 2.50. The van der Waals surface area contributed by atoms with Gasteiger partial charge in [0.15, 0.2) is 0 Å². The maximum absolute atomic E-state index is 10.4. The van der Waals surface area contributed by atoms with E-state index in [4.69, 9.17) is 9.84 Å². The molecule has 86 valence electrons. The summed E-state index contributed by atoms with van der Waals surface area (Å²) in [6.45, 7) is 0. The Labute approximate surface area is 99.0 Å². The van der Waals surface area contributed by atoms with Crippen LogP contribution in [0, 0.1) is 0 Å². The second-order valence-corrected chi connectivity index (χ2v) is 3.61. The highest BCUT2D eigenvalue weighted by molar-refractivity contribution is 5.91. The molecule has 0 bridgehead atoms. The van der Waals surface area contributed by atoms with Crippen LogP contribution in [0.25, 0.3) is 16.8 Å². The molecule has 0 aliphatic heterocycles. The van der Waals surface area contributed by atoms with Gasteiger partial charge in [-0.1, -0.05) is 24.3 Å². The lowest BCUT2D eigenvalue weighted by Gasteiger charge is -2.05. The Bertz CT molecular complexity index is 585. The first-order valence-electron chi connectivity index (χ1n) is 5.18. The first-order chi connectivity index (χ1) is 8.20. The monoisotopic (exact) mass is 228 g/mol. The lowest BCUT2D eigenvalue weighted by atomic mass is 10.1. The zero-order valence-electron chi connectivity index (χ0n) is 9.38. The van der Waals surface area contributed by atoms with Crippen LogP contribution in [0.1, 0.15) is 5.56 Å². The minimum Gasteiger partial charge on any atom is -0.496 e. The number of methoxy groups -OCH3 is 1. The molecule has 0 atom stereocenters. The Balaban J connectivity index is 2.48. The molecular weight excluding hydrogens is 216 g/mol. The highest BCUT2D eigenvalue weighted by Crippen LogP contribution is 2.26. The number of fused-ring (bicyclic) bond motifs is 1. The Morgan fingerprint density at radius 1 is 1.29 bits per heavy atom. The van der Waals surface area contributed by atoms with Crippen LogP contribution in [0.15, 0.2) is 42.5 Å². The number of carboxylic acids is 1. The smallest absolute Gasteiger partial charge is 0.328 e. The number of ether oxygens (including phenoxy) is 1. The van der Waals surface area contributed by atoms with E-state index in [9.17, 15) is 4.79 Å². The fourth-order valence-corrected chi connectivity index (χ4v) is 1.72. The summed E-state index contributed by atoms with van der Waals surface area (Å²) in [5.74, 6) is -0.132. The standard InChI is InChI=1S/C14H12O3/c1-17-13-4-2-3-11-9-10(5-7-12(11)13)6-8-14(15)16/h2-9H,1H3,(H,15,16)/b8-6+. The molecule has 2 aromatic rings. The van der Waals surface area contributed by atoms with Crippen molar-refractivity contribution in [2.45, 2.75) is 0 Å². The van der Waals surface area contributed by atoms with Gasteiger partial charge in [-0.15, -0.1) is 0 Å². The molecule has 0 aliphatic rings. The molecule has 2 aromatic carbocycles. The lowest BCUT2D eigenvalue weighted by Crippen LogP contribution is -1.87. The minimum absolute atomic E-state index is 0.816. The number of rotatable bonds is 3. The van der Waals surface area contributed by atoms with Gasteiger partial charge >= 0.3 is 5.97 Å². The van der Waals surface area contributed by atoms with E-state index in [1.807, 2.05) is 36.4 Å². The summed E-state index contributed by atoms with van der Waals surface area (Å²) in [5.41, 5.74) is 0.855. The van der Waals surface area contributed by atoms with E-state index >= 15 is 0 Å². The van der Waals surface area contributed by atoms with Crippen molar-refractivity contribution in [1.29, 1.82) is 0 Å². The average Bonchev–Trinajstić information content (AvgIpc) is 2.35. The number of carbonyl (C=O) groups is 1. The quantitative estimate of drug-likeness (QED) is 0.821. The van der Waals surface area contributed by atoms with Gasteiger partial charge in [0.05, 0.1) is 7.11 Å². The maximum Gasteiger partial charge on any atom is 0.328 e. The second-order valence-electron chi connectivity index (χ2n) is 3.61. The van der Waals surface area contributed by atoms with Crippen molar-refractivity contribution in [3.05, 3.63) is 48.0 Å². The van der Waals surface area contributed by atoms with Gasteiger partial charge in [0, 0.05) is 11.5 Å². The highest BCUT2D eigenvalue weighted by atomic mass is 16.5. The van der Waals surface area contributed by atoms with E-state index < -0.39 is 5.97 Å². The van der Waals surface area contributed by atoms with E-state index in [0.717, 1.165) is 28.2 Å². The molecule has 0 heterocycles. The first kappa shape index (κ1) is 11.2. The van der Waals surface area contributed by atoms with E-state index in [1.54, 1.807) is 13.2 Å². The number of hydrogen-bond donors (Lipinski definition) is 1. The maximum atomic E-state index is 10.4. The molecule has 0 radical (unpaired) electrons. The summed E-state index contributed by atoms with van der Waals surface area (Å²) in [4.78, 5) is 10.4. The Hall–Kier alpha value is -2.29. The minimum atomic E-state index is -0.948. The fourth-order valence-electron chi connectivity index (χ4n) is 1.72. The molecule has 0 saturated heterocycles. The Kier molecular flexibility index (Phi) is 3.10. The summed E-state index contributed by atoms with van der Waals surface area (Å²) in [7, 11) is 1.63. The van der Waals surface area contributed by atoms with Crippen molar-refractivity contribution in [2.75, 3.05) is 7.11 Å². The molecule has 0 spiro atoms. The van der Waals surface area contributed by atoms with Crippen LogP contribution in [0.3, 0.4) is 0 Å². The van der Waals surface area contributed by atoms with Crippen LogP contribution < -0.4 is 4.74 Å². The van der Waals surface area contributed by atoms with Crippen LogP contribution in [0.5, 0.6) is 5.75 Å². The van der Waals surface area contributed by atoms with E-state index in [0.29, 0.717) is 0 Å². The van der Waals surface area contributed by atoms with Gasteiger partial charge in [-0.2, -0.15) is 0 Å². The zero-order valence-corrected chi connectivity index (χ0v) is 9.38. The van der Waals surface area contributed by atoms with Crippen LogP contribution in [0.4, 0.5) is 0 Å². The normalized spacial score (nSPS) is 10.9.